The van der Waals surface area contributed by atoms with E-state index in [4.69, 9.17) is 0 Å². The van der Waals surface area contributed by atoms with Gasteiger partial charge >= 0.3 is 6.03 Å². The maximum atomic E-state index is 12.2. The monoisotopic (exact) mass is 278 g/mol. The Labute approximate surface area is 121 Å². The van der Waals surface area contributed by atoms with Gasteiger partial charge in [-0.1, -0.05) is 38.1 Å². The fraction of sp³-hybridized carbons (Fsp3) is 0.562. The van der Waals surface area contributed by atoms with Crippen molar-refractivity contribution in [2.75, 3.05) is 13.6 Å². The first kappa shape index (κ1) is 16.5. The summed E-state index contributed by atoms with van der Waals surface area (Å²) in [4.78, 5) is 13.7. The number of benzene rings is 1. The third-order valence-electron chi connectivity index (χ3n) is 3.35. The molecule has 0 aliphatic heterocycles. The molecule has 2 atom stereocenters. The summed E-state index contributed by atoms with van der Waals surface area (Å²) in [7, 11) is 1.69. The van der Waals surface area contributed by atoms with E-state index in [0.29, 0.717) is 12.5 Å². The number of hydrogen-bond donors (Lipinski definition) is 2. The Balaban J connectivity index is 2.84. The lowest BCUT2D eigenvalue weighted by molar-refractivity contribution is 0.141. The van der Waals surface area contributed by atoms with Gasteiger partial charge in [0, 0.05) is 13.6 Å². The van der Waals surface area contributed by atoms with Crippen molar-refractivity contribution in [2.45, 2.75) is 39.8 Å². The van der Waals surface area contributed by atoms with Crippen LogP contribution in [0.15, 0.2) is 24.3 Å². The van der Waals surface area contributed by atoms with Gasteiger partial charge in [-0.2, -0.15) is 0 Å². The second-order valence-electron chi connectivity index (χ2n) is 5.76. The van der Waals surface area contributed by atoms with E-state index in [9.17, 15) is 9.90 Å². The number of hydrogen-bond acceptors (Lipinski definition) is 2. The molecule has 1 aromatic rings. The molecular weight excluding hydrogens is 252 g/mol. The van der Waals surface area contributed by atoms with Crippen LogP contribution in [0.4, 0.5) is 4.79 Å². The molecule has 0 spiro atoms. The van der Waals surface area contributed by atoms with Gasteiger partial charge in [-0.25, -0.2) is 4.79 Å². The van der Waals surface area contributed by atoms with Gasteiger partial charge in [-0.05, 0) is 30.9 Å². The molecule has 4 heteroatoms. The van der Waals surface area contributed by atoms with Crippen LogP contribution in [-0.4, -0.2) is 35.7 Å². The fourth-order valence-corrected chi connectivity index (χ4v) is 2.26. The number of likely N-dealkylation sites (N-methyl/N-ethyl adjacent to an activating group) is 1. The standard InChI is InChI=1S/C16H26N2O2/c1-11(2)15(14-9-7-6-8-12(14)3)17-16(20)18(5)10-13(4)19/h6-9,11,13,15,19H,10H2,1-5H3,(H,17,20). The van der Waals surface area contributed by atoms with Crippen molar-refractivity contribution >= 4 is 6.03 Å². The Hall–Kier alpha value is -1.55. The van der Waals surface area contributed by atoms with E-state index in [1.165, 1.54) is 10.5 Å². The maximum Gasteiger partial charge on any atom is 0.317 e. The molecule has 0 saturated carbocycles. The molecule has 0 radical (unpaired) electrons. The normalized spacial score (nSPS) is 13.9. The highest BCUT2D eigenvalue weighted by Crippen LogP contribution is 2.24. The Morgan fingerprint density at radius 2 is 1.90 bits per heavy atom. The first-order chi connectivity index (χ1) is 9.32. The molecule has 0 fully saturated rings. The van der Waals surface area contributed by atoms with Crippen molar-refractivity contribution in [1.82, 2.24) is 10.2 Å². The van der Waals surface area contributed by atoms with Crippen LogP contribution >= 0.6 is 0 Å². The first-order valence-corrected chi connectivity index (χ1v) is 7.08. The molecule has 0 heterocycles. The number of aliphatic hydroxyl groups is 1. The molecule has 0 bridgehead atoms. The summed E-state index contributed by atoms with van der Waals surface area (Å²) in [6.07, 6.45) is -0.526. The zero-order valence-electron chi connectivity index (χ0n) is 13.1. The molecule has 20 heavy (non-hydrogen) atoms. The molecule has 2 amide bonds. The van der Waals surface area contributed by atoms with Crippen LogP contribution in [0.5, 0.6) is 0 Å². The number of rotatable bonds is 5. The maximum absolute atomic E-state index is 12.2. The first-order valence-electron chi connectivity index (χ1n) is 7.08. The number of nitrogens with one attached hydrogen (secondary N) is 1. The molecule has 1 aromatic carbocycles. The van der Waals surface area contributed by atoms with E-state index in [1.807, 2.05) is 12.1 Å². The van der Waals surface area contributed by atoms with Crippen LogP contribution in [0, 0.1) is 12.8 Å². The van der Waals surface area contributed by atoms with Gasteiger partial charge < -0.3 is 15.3 Å². The summed E-state index contributed by atoms with van der Waals surface area (Å²) < 4.78 is 0. The van der Waals surface area contributed by atoms with E-state index in [1.54, 1.807) is 14.0 Å². The lowest BCUT2D eigenvalue weighted by atomic mass is 9.93. The lowest BCUT2D eigenvalue weighted by Gasteiger charge is -2.28. The van der Waals surface area contributed by atoms with Crippen LogP contribution in [0.25, 0.3) is 0 Å². The molecule has 0 aliphatic carbocycles. The predicted molar refractivity (Wildman–Crippen MR) is 81.6 cm³/mol. The van der Waals surface area contributed by atoms with E-state index >= 15 is 0 Å². The molecule has 112 valence electrons. The van der Waals surface area contributed by atoms with E-state index < -0.39 is 6.10 Å². The predicted octanol–water partition coefficient (Wildman–Crippen LogP) is 2.71. The average molecular weight is 278 g/mol. The Morgan fingerprint density at radius 3 is 2.40 bits per heavy atom. The van der Waals surface area contributed by atoms with Crippen molar-refractivity contribution in [3.8, 4) is 0 Å². The minimum absolute atomic E-state index is 0.0276. The van der Waals surface area contributed by atoms with Gasteiger partial charge in [0.05, 0.1) is 12.1 Å². The number of carbonyl (C=O) groups is 1. The summed E-state index contributed by atoms with van der Waals surface area (Å²) >= 11 is 0. The topological polar surface area (TPSA) is 52.6 Å². The molecular formula is C16H26N2O2. The molecule has 0 saturated heterocycles. The fourth-order valence-electron chi connectivity index (χ4n) is 2.26. The number of carbonyl (C=O) groups excluding carboxylic acids is 1. The van der Waals surface area contributed by atoms with Crippen LogP contribution < -0.4 is 5.32 Å². The van der Waals surface area contributed by atoms with Gasteiger partial charge in [-0.3, -0.25) is 0 Å². The van der Waals surface area contributed by atoms with Crippen molar-refractivity contribution in [3.63, 3.8) is 0 Å². The number of amides is 2. The smallest absolute Gasteiger partial charge is 0.317 e. The van der Waals surface area contributed by atoms with Gasteiger partial charge in [-0.15, -0.1) is 0 Å². The van der Waals surface area contributed by atoms with Crippen molar-refractivity contribution < 1.29 is 9.90 Å². The summed E-state index contributed by atoms with van der Waals surface area (Å²) in [6.45, 7) is 8.23. The number of aryl methyl sites for hydroxylation is 1. The van der Waals surface area contributed by atoms with Crippen molar-refractivity contribution in [1.29, 1.82) is 0 Å². The quantitative estimate of drug-likeness (QED) is 0.870. The minimum Gasteiger partial charge on any atom is -0.392 e. The van der Waals surface area contributed by atoms with Crippen LogP contribution in [0.2, 0.25) is 0 Å². The molecule has 2 N–H and O–H groups in total. The van der Waals surface area contributed by atoms with E-state index in [2.05, 4.69) is 38.2 Å². The van der Waals surface area contributed by atoms with Crippen LogP contribution in [0.1, 0.15) is 37.9 Å². The van der Waals surface area contributed by atoms with Gasteiger partial charge in [0.25, 0.3) is 0 Å². The second-order valence-corrected chi connectivity index (χ2v) is 5.76. The third kappa shape index (κ3) is 4.53. The summed E-state index contributed by atoms with van der Waals surface area (Å²) in [6, 6.07) is 7.90. The SMILES string of the molecule is Cc1ccccc1C(NC(=O)N(C)CC(C)O)C(C)C. The lowest BCUT2D eigenvalue weighted by Crippen LogP contribution is -2.43. The van der Waals surface area contributed by atoms with Gasteiger partial charge in [0.2, 0.25) is 0 Å². The second kappa shape index (κ2) is 7.29. The Kier molecular flexibility index (Phi) is 6.02. The molecule has 0 aliphatic rings. The highest BCUT2D eigenvalue weighted by molar-refractivity contribution is 5.74. The molecule has 1 rings (SSSR count). The zero-order chi connectivity index (χ0) is 15.3. The number of nitrogens with zero attached hydrogens (tertiary/aromatic N) is 1. The Bertz CT molecular complexity index is 444. The highest BCUT2D eigenvalue weighted by Gasteiger charge is 2.21. The largest absolute Gasteiger partial charge is 0.392 e. The van der Waals surface area contributed by atoms with Crippen LogP contribution in [-0.2, 0) is 0 Å². The van der Waals surface area contributed by atoms with Crippen LogP contribution in [0.3, 0.4) is 0 Å². The number of aliphatic hydroxyl groups excluding tert-OH is 1. The summed E-state index contributed by atoms with van der Waals surface area (Å²) in [5.74, 6) is 0.292. The van der Waals surface area contributed by atoms with E-state index in [0.717, 1.165) is 5.56 Å². The van der Waals surface area contributed by atoms with Crippen molar-refractivity contribution in [3.05, 3.63) is 35.4 Å². The van der Waals surface area contributed by atoms with Gasteiger partial charge in [0.1, 0.15) is 0 Å². The average Bonchev–Trinajstić information content (AvgIpc) is 2.35. The Morgan fingerprint density at radius 1 is 1.30 bits per heavy atom. The summed E-state index contributed by atoms with van der Waals surface area (Å²) in [5.41, 5.74) is 2.31. The van der Waals surface area contributed by atoms with Crippen molar-refractivity contribution in [2.24, 2.45) is 5.92 Å². The molecule has 2 unspecified atom stereocenters. The molecule has 0 aromatic heterocycles. The minimum atomic E-state index is -0.526. The third-order valence-corrected chi connectivity index (χ3v) is 3.35. The van der Waals surface area contributed by atoms with Gasteiger partial charge in [0.15, 0.2) is 0 Å². The zero-order valence-corrected chi connectivity index (χ0v) is 13.1. The highest BCUT2D eigenvalue weighted by atomic mass is 16.3. The summed E-state index contributed by atoms with van der Waals surface area (Å²) in [5, 5.41) is 12.4. The van der Waals surface area contributed by atoms with E-state index in [-0.39, 0.29) is 12.1 Å². The molecule has 4 nitrogen and oxygen atoms in total. The number of urea groups is 1.